The molecular weight excluding hydrogens is 348 g/mol. The summed E-state index contributed by atoms with van der Waals surface area (Å²) in [6, 6.07) is -0.434. The molecule has 2 aliphatic heterocycles. The molecule has 2 heterocycles. The van der Waals surface area contributed by atoms with E-state index in [2.05, 4.69) is 5.32 Å². The Morgan fingerprint density at radius 3 is 2.93 bits per heavy atom. The van der Waals surface area contributed by atoms with Crippen molar-refractivity contribution in [1.29, 1.82) is 0 Å². The molecular formula is C20H32N2O5. The van der Waals surface area contributed by atoms with Gasteiger partial charge in [-0.25, -0.2) is 0 Å². The summed E-state index contributed by atoms with van der Waals surface area (Å²) in [6.07, 6.45) is 9.25. The van der Waals surface area contributed by atoms with Crippen molar-refractivity contribution in [2.45, 2.75) is 70.4 Å². The molecule has 0 radical (unpaired) electrons. The van der Waals surface area contributed by atoms with Crippen molar-refractivity contribution < 1.29 is 24.2 Å². The van der Waals surface area contributed by atoms with E-state index in [1.54, 1.807) is 11.8 Å². The number of amides is 2. The Hall–Kier alpha value is -1.89. The smallest absolute Gasteiger partial charge is 0.305 e. The van der Waals surface area contributed by atoms with Crippen LogP contribution in [-0.4, -0.2) is 59.6 Å². The molecule has 0 aliphatic carbocycles. The number of rotatable bonds is 4. The summed E-state index contributed by atoms with van der Waals surface area (Å²) < 4.78 is 5.37. The number of ether oxygens (including phenoxy) is 1. The number of aliphatic hydroxyl groups is 1. The molecule has 0 bridgehead atoms. The highest BCUT2D eigenvalue weighted by Gasteiger charge is 2.34. The lowest BCUT2D eigenvalue weighted by Gasteiger charge is -2.28. The lowest BCUT2D eigenvalue weighted by molar-refractivity contribution is -0.148. The Morgan fingerprint density at radius 1 is 1.33 bits per heavy atom. The number of esters is 1. The fourth-order valence-electron chi connectivity index (χ4n) is 3.58. The maximum Gasteiger partial charge on any atom is 0.305 e. The highest BCUT2D eigenvalue weighted by Crippen LogP contribution is 2.24. The fourth-order valence-corrected chi connectivity index (χ4v) is 3.58. The summed E-state index contributed by atoms with van der Waals surface area (Å²) in [5.41, 5.74) is 0. The first kappa shape index (κ1) is 21.4. The lowest BCUT2D eigenvalue weighted by atomic mass is 9.97. The van der Waals surface area contributed by atoms with Gasteiger partial charge in [0.2, 0.25) is 11.8 Å². The van der Waals surface area contributed by atoms with Gasteiger partial charge in [0.25, 0.3) is 0 Å². The number of aliphatic hydroxyl groups excluding tert-OH is 1. The minimum absolute atomic E-state index is 0.0536. The largest absolute Gasteiger partial charge is 0.463 e. The van der Waals surface area contributed by atoms with Gasteiger partial charge in [-0.15, -0.1) is 0 Å². The van der Waals surface area contributed by atoms with E-state index in [-0.39, 0.29) is 49.5 Å². The predicted octanol–water partition coefficient (Wildman–Crippen LogP) is 1.54. The van der Waals surface area contributed by atoms with Crippen LogP contribution in [0, 0.1) is 5.92 Å². The fraction of sp³-hybridized carbons (Fsp3) is 0.750. The zero-order valence-corrected chi connectivity index (χ0v) is 16.2. The molecule has 2 rings (SSSR count). The number of fused-ring (bicyclic) bond motifs is 1. The SMILES string of the molecule is CC(CO)NC(=O)CC1CC=CCCCCC(=O)OCC2CCCN2C1=O. The molecule has 2 N–H and O–H groups in total. The van der Waals surface area contributed by atoms with Gasteiger partial charge in [0.05, 0.1) is 18.6 Å². The maximum atomic E-state index is 13.1. The highest BCUT2D eigenvalue weighted by molar-refractivity contribution is 5.86. The van der Waals surface area contributed by atoms with Crippen LogP contribution in [0.3, 0.4) is 0 Å². The van der Waals surface area contributed by atoms with E-state index in [0.29, 0.717) is 19.4 Å². The van der Waals surface area contributed by atoms with E-state index >= 15 is 0 Å². The van der Waals surface area contributed by atoms with Crippen LogP contribution in [0.25, 0.3) is 0 Å². The van der Waals surface area contributed by atoms with E-state index < -0.39 is 5.92 Å². The van der Waals surface area contributed by atoms with Crippen molar-refractivity contribution in [1.82, 2.24) is 10.2 Å². The molecule has 1 fully saturated rings. The molecule has 7 heteroatoms. The number of hydrogen-bond donors (Lipinski definition) is 2. The summed E-state index contributed by atoms with van der Waals surface area (Å²) in [5, 5.41) is 11.8. The third-order valence-electron chi connectivity index (χ3n) is 5.15. The summed E-state index contributed by atoms with van der Waals surface area (Å²) in [5.74, 6) is -0.927. The number of nitrogens with zero attached hydrogens (tertiary/aromatic N) is 1. The monoisotopic (exact) mass is 380 g/mol. The van der Waals surface area contributed by atoms with Crippen LogP contribution in [0.1, 0.15) is 58.3 Å². The molecule has 0 saturated carbocycles. The van der Waals surface area contributed by atoms with E-state index in [0.717, 1.165) is 32.1 Å². The van der Waals surface area contributed by atoms with Gasteiger partial charge in [0, 0.05) is 25.4 Å². The molecule has 7 nitrogen and oxygen atoms in total. The van der Waals surface area contributed by atoms with Crippen molar-refractivity contribution in [3.8, 4) is 0 Å². The highest BCUT2D eigenvalue weighted by atomic mass is 16.5. The molecule has 0 aromatic rings. The summed E-state index contributed by atoms with van der Waals surface area (Å²) >= 11 is 0. The van der Waals surface area contributed by atoms with Gasteiger partial charge in [0.1, 0.15) is 6.61 Å². The number of hydrogen-bond acceptors (Lipinski definition) is 5. The quantitative estimate of drug-likeness (QED) is 0.570. The Kier molecular flexibility index (Phi) is 8.78. The number of carbonyl (C=O) groups excluding carboxylic acids is 3. The minimum Gasteiger partial charge on any atom is -0.463 e. The van der Waals surface area contributed by atoms with Crippen LogP contribution in [0.5, 0.6) is 0 Å². The van der Waals surface area contributed by atoms with Crippen LogP contribution in [-0.2, 0) is 19.1 Å². The third-order valence-corrected chi connectivity index (χ3v) is 5.15. The first-order valence-corrected chi connectivity index (χ1v) is 10.0. The third kappa shape index (κ3) is 6.97. The van der Waals surface area contributed by atoms with Crippen LogP contribution >= 0.6 is 0 Å². The van der Waals surface area contributed by atoms with Crippen molar-refractivity contribution in [2.75, 3.05) is 19.8 Å². The van der Waals surface area contributed by atoms with Crippen LogP contribution < -0.4 is 5.32 Å². The van der Waals surface area contributed by atoms with E-state index in [9.17, 15) is 14.4 Å². The molecule has 2 amide bonds. The number of carbonyl (C=O) groups is 3. The van der Waals surface area contributed by atoms with Gasteiger partial charge in [0.15, 0.2) is 0 Å². The van der Waals surface area contributed by atoms with Gasteiger partial charge in [-0.3, -0.25) is 14.4 Å². The number of cyclic esters (lactones) is 1. The molecule has 152 valence electrons. The Labute approximate surface area is 161 Å². The van der Waals surface area contributed by atoms with Crippen molar-refractivity contribution in [2.24, 2.45) is 5.92 Å². The first-order valence-electron chi connectivity index (χ1n) is 10.0. The zero-order valence-electron chi connectivity index (χ0n) is 16.2. The molecule has 0 aromatic heterocycles. The lowest BCUT2D eigenvalue weighted by Crippen LogP contribution is -2.44. The zero-order chi connectivity index (χ0) is 19.6. The normalized spacial score (nSPS) is 26.1. The topological polar surface area (TPSA) is 95.9 Å². The van der Waals surface area contributed by atoms with E-state index in [1.807, 2.05) is 12.2 Å². The Morgan fingerprint density at radius 2 is 2.15 bits per heavy atom. The van der Waals surface area contributed by atoms with Crippen molar-refractivity contribution in [3.63, 3.8) is 0 Å². The Balaban J connectivity index is 2.09. The maximum absolute atomic E-state index is 13.1. The molecule has 0 spiro atoms. The van der Waals surface area contributed by atoms with Gasteiger partial charge in [-0.05, 0) is 45.4 Å². The average molecular weight is 380 g/mol. The average Bonchev–Trinajstić information content (AvgIpc) is 3.11. The predicted molar refractivity (Wildman–Crippen MR) is 101 cm³/mol. The van der Waals surface area contributed by atoms with Gasteiger partial charge < -0.3 is 20.1 Å². The Bertz CT molecular complexity index is 548. The van der Waals surface area contributed by atoms with Gasteiger partial charge in [-0.2, -0.15) is 0 Å². The summed E-state index contributed by atoms with van der Waals surface area (Å²) in [6.45, 7) is 2.46. The number of allylic oxidation sites excluding steroid dienone is 2. The van der Waals surface area contributed by atoms with Gasteiger partial charge >= 0.3 is 5.97 Å². The second kappa shape index (κ2) is 11.1. The molecule has 0 aromatic carbocycles. The first-order chi connectivity index (χ1) is 13.0. The molecule has 1 saturated heterocycles. The molecule has 27 heavy (non-hydrogen) atoms. The van der Waals surface area contributed by atoms with Gasteiger partial charge in [-0.1, -0.05) is 12.2 Å². The van der Waals surface area contributed by atoms with E-state index in [1.165, 1.54) is 0 Å². The molecule has 3 unspecified atom stereocenters. The van der Waals surface area contributed by atoms with Crippen LogP contribution in [0.2, 0.25) is 0 Å². The molecule has 2 aliphatic rings. The second-order valence-corrected chi connectivity index (χ2v) is 7.52. The van der Waals surface area contributed by atoms with Crippen molar-refractivity contribution >= 4 is 17.8 Å². The van der Waals surface area contributed by atoms with E-state index in [4.69, 9.17) is 9.84 Å². The standard InChI is InChI=1S/C20H32N2O5/c1-15(13-23)21-18(24)12-16-8-5-3-2-4-6-10-19(25)27-14-17-9-7-11-22(17)20(16)26/h3,5,15-17,23H,2,4,6-14H2,1H3,(H,21,24). The minimum atomic E-state index is -0.439. The van der Waals surface area contributed by atoms with Crippen molar-refractivity contribution in [3.05, 3.63) is 12.2 Å². The summed E-state index contributed by atoms with van der Waals surface area (Å²) in [4.78, 5) is 39.0. The van der Waals surface area contributed by atoms with Crippen LogP contribution in [0.4, 0.5) is 0 Å². The van der Waals surface area contributed by atoms with Crippen LogP contribution in [0.15, 0.2) is 12.2 Å². The molecule has 3 atom stereocenters. The summed E-state index contributed by atoms with van der Waals surface area (Å²) in [7, 11) is 0. The number of nitrogens with one attached hydrogen (secondary N) is 1. The second-order valence-electron chi connectivity index (χ2n) is 7.52.